The first kappa shape index (κ1) is 13.9. The second kappa shape index (κ2) is 5.77. The van der Waals surface area contributed by atoms with Gasteiger partial charge in [-0.05, 0) is 5.56 Å². The number of hydrogen-bond donors (Lipinski definition) is 1. The Kier molecular flexibility index (Phi) is 3.65. The Morgan fingerprint density at radius 3 is 2.64 bits per heavy atom. The molecule has 0 amide bonds. The van der Waals surface area contributed by atoms with E-state index in [-0.39, 0.29) is 11.6 Å². The van der Waals surface area contributed by atoms with E-state index in [0.717, 1.165) is 11.4 Å². The molecule has 110 valence electrons. The highest BCUT2D eigenvalue weighted by molar-refractivity contribution is 5.58. The number of aromatic amines is 1. The molecule has 2 aromatic carbocycles. The van der Waals surface area contributed by atoms with Crippen molar-refractivity contribution < 1.29 is 4.92 Å². The van der Waals surface area contributed by atoms with Gasteiger partial charge in [-0.25, -0.2) is 4.98 Å². The van der Waals surface area contributed by atoms with Crippen LogP contribution in [-0.2, 0) is 0 Å². The first-order valence-electron chi connectivity index (χ1n) is 6.87. The second-order valence-electron chi connectivity index (χ2n) is 4.98. The van der Waals surface area contributed by atoms with Crippen LogP contribution in [0.15, 0.2) is 54.6 Å². The number of hydrogen-bond acceptors (Lipinski definition) is 4. The van der Waals surface area contributed by atoms with Gasteiger partial charge in [-0.3, -0.25) is 15.2 Å². The number of nitrogens with zero attached hydrogens (tertiary/aromatic N) is 3. The lowest BCUT2D eigenvalue weighted by molar-refractivity contribution is -0.384. The number of non-ortho nitro benzene ring substituents is 1. The summed E-state index contributed by atoms with van der Waals surface area (Å²) in [6.45, 7) is 2.03. The van der Waals surface area contributed by atoms with E-state index in [1.54, 1.807) is 12.1 Å². The maximum Gasteiger partial charge on any atom is 0.270 e. The summed E-state index contributed by atoms with van der Waals surface area (Å²) in [5.41, 5.74) is 1.78. The molecule has 0 aliphatic carbocycles. The Morgan fingerprint density at radius 1 is 1.14 bits per heavy atom. The minimum atomic E-state index is -0.427. The van der Waals surface area contributed by atoms with Gasteiger partial charge in [0.05, 0.1) is 4.92 Å². The summed E-state index contributed by atoms with van der Waals surface area (Å²) in [7, 11) is 0. The largest absolute Gasteiger partial charge is 0.270 e. The van der Waals surface area contributed by atoms with Gasteiger partial charge < -0.3 is 0 Å². The van der Waals surface area contributed by atoms with Crippen molar-refractivity contribution in [3.8, 4) is 11.4 Å². The molecule has 0 aliphatic heterocycles. The molecule has 0 bridgehead atoms. The lowest BCUT2D eigenvalue weighted by atomic mass is 10.0. The van der Waals surface area contributed by atoms with E-state index in [0.29, 0.717) is 11.4 Å². The Morgan fingerprint density at radius 2 is 1.91 bits per heavy atom. The molecule has 0 radical (unpaired) electrons. The first-order valence-corrected chi connectivity index (χ1v) is 6.87. The summed E-state index contributed by atoms with van der Waals surface area (Å²) in [6.07, 6.45) is 0. The lowest BCUT2D eigenvalue weighted by Crippen LogP contribution is -1.98. The summed E-state index contributed by atoms with van der Waals surface area (Å²) >= 11 is 0. The van der Waals surface area contributed by atoms with Crippen molar-refractivity contribution in [2.45, 2.75) is 12.8 Å². The van der Waals surface area contributed by atoms with E-state index in [4.69, 9.17) is 0 Å². The number of rotatable bonds is 4. The van der Waals surface area contributed by atoms with Gasteiger partial charge in [0, 0.05) is 23.6 Å². The summed E-state index contributed by atoms with van der Waals surface area (Å²) < 4.78 is 0. The van der Waals surface area contributed by atoms with Gasteiger partial charge in [0.2, 0.25) is 0 Å². The monoisotopic (exact) mass is 294 g/mol. The molecule has 0 spiro atoms. The van der Waals surface area contributed by atoms with Gasteiger partial charge in [0.15, 0.2) is 5.82 Å². The zero-order valence-electron chi connectivity index (χ0n) is 11.9. The van der Waals surface area contributed by atoms with E-state index in [2.05, 4.69) is 15.2 Å². The van der Waals surface area contributed by atoms with Crippen molar-refractivity contribution in [3.63, 3.8) is 0 Å². The normalized spacial score (nSPS) is 12.0. The minimum absolute atomic E-state index is 0.0277. The van der Waals surface area contributed by atoms with E-state index in [1.807, 2.05) is 37.3 Å². The van der Waals surface area contributed by atoms with Crippen molar-refractivity contribution in [1.82, 2.24) is 15.2 Å². The molecule has 0 saturated heterocycles. The molecule has 0 saturated carbocycles. The van der Waals surface area contributed by atoms with Crippen molar-refractivity contribution in [3.05, 3.63) is 76.1 Å². The van der Waals surface area contributed by atoms with Crippen molar-refractivity contribution >= 4 is 5.69 Å². The van der Waals surface area contributed by atoms with Crippen LogP contribution in [0, 0.1) is 10.1 Å². The standard InChI is InChI=1S/C16H14N4O2/c1-11(12-6-3-2-4-7-12)15-17-16(19-18-15)13-8-5-9-14(10-13)20(21)22/h2-11H,1H3,(H,17,18,19). The number of nitrogens with one attached hydrogen (secondary N) is 1. The Hall–Kier alpha value is -3.02. The van der Waals surface area contributed by atoms with Crippen LogP contribution in [0.4, 0.5) is 5.69 Å². The van der Waals surface area contributed by atoms with Crippen LogP contribution >= 0.6 is 0 Å². The van der Waals surface area contributed by atoms with Crippen LogP contribution in [0.2, 0.25) is 0 Å². The van der Waals surface area contributed by atoms with Crippen molar-refractivity contribution in [2.24, 2.45) is 0 Å². The second-order valence-corrected chi connectivity index (χ2v) is 4.98. The van der Waals surface area contributed by atoms with E-state index in [1.165, 1.54) is 12.1 Å². The van der Waals surface area contributed by atoms with Crippen LogP contribution < -0.4 is 0 Å². The summed E-state index contributed by atoms with van der Waals surface area (Å²) in [5.74, 6) is 1.26. The molecule has 6 heteroatoms. The van der Waals surface area contributed by atoms with Crippen molar-refractivity contribution in [2.75, 3.05) is 0 Å². The zero-order chi connectivity index (χ0) is 15.5. The molecule has 0 aliphatic rings. The minimum Gasteiger partial charge on any atom is -0.262 e. The topological polar surface area (TPSA) is 84.7 Å². The molecule has 1 unspecified atom stereocenters. The number of nitro groups is 1. The third kappa shape index (κ3) is 2.71. The lowest BCUT2D eigenvalue weighted by Gasteiger charge is -2.07. The van der Waals surface area contributed by atoms with Gasteiger partial charge in [-0.2, -0.15) is 5.10 Å². The quantitative estimate of drug-likeness (QED) is 0.589. The molecule has 1 N–H and O–H groups in total. The average Bonchev–Trinajstić information content (AvgIpc) is 3.05. The summed E-state index contributed by atoms with van der Waals surface area (Å²) in [5, 5.41) is 17.9. The Balaban J connectivity index is 1.91. The molecular weight excluding hydrogens is 280 g/mol. The SMILES string of the molecule is CC(c1ccccc1)c1nc(-c2cccc([N+](=O)[O-])c2)n[nH]1. The number of H-pyrrole nitrogens is 1. The summed E-state index contributed by atoms with van der Waals surface area (Å²) in [6, 6.07) is 16.3. The predicted molar refractivity (Wildman–Crippen MR) is 82.4 cm³/mol. The van der Waals surface area contributed by atoms with Crippen LogP contribution in [0.5, 0.6) is 0 Å². The predicted octanol–water partition coefficient (Wildman–Crippen LogP) is 3.53. The van der Waals surface area contributed by atoms with Crippen LogP contribution in [-0.4, -0.2) is 20.1 Å². The fourth-order valence-corrected chi connectivity index (χ4v) is 2.26. The number of nitro benzene ring substituents is 1. The maximum absolute atomic E-state index is 10.8. The van der Waals surface area contributed by atoms with E-state index >= 15 is 0 Å². The van der Waals surface area contributed by atoms with Gasteiger partial charge in [0.1, 0.15) is 5.82 Å². The molecule has 0 fully saturated rings. The smallest absolute Gasteiger partial charge is 0.262 e. The fourth-order valence-electron chi connectivity index (χ4n) is 2.26. The third-order valence-corrected chi connectivity index (χ3v) is 3.53. The van der Waals surface area contributed by atoms with Crippen molar-refractivity contribution in [1.29, 1.82) is 0 Å². The molecule has 3 aromatic rings. The average molecular weight is 294 g/mol. The Bertz CT molecular complexity index is 799. The van der Waals surface area contributed by atoms with Gasteiger partial charge in [-0.15, -0.1) is 0 Å². The molecule has 1 aromatic heterocycles. The molecule has 3 rings (SSSR count). The zero-order valence-corrected chi connectivity index (χ0v) is 11.9. The molecular formula is C16H14N4O2. The highest BCUT2D eigenvalue weighted by atomic mass is 16.6. The van der Waals surface area contributed by atoms with E-state index in [9.17, 15) is 10.1 Å². The van der Waals surface area contributed by atoms with Crippen LogP contribution in [0.25, 0.3) is 11.4 Å². The number of benzene rings is 2. The fraction of sp³-hybridized carbons (Fsp3) is 0.125. The summed E-state index contributed by atoms with van der Waals surface area (Å²) in [4.78, 5) is 14.9. The van der Waals surface area contributed by atoms with Gasteiger partial charge in [-0.1, -0.05) is 49.4 Å². The molecule has 22 heavy (non-hydrogen) atoms. The first-order chi connectivity index (χ1) is 10.6. The van der Waals surface area contributed by atoms with Gasteiger partial charge in [0.25, 0.3) is 5.69 Å². The van der Waals surface area contributed by atoms with Crippen LogP contribution in [0.1, 0.15) is 24.2 Å². The number of aromatic nitrogens is 3. The molecule has 1 atom stereocenters. The van der Waals surface area contributed by atoms with Gasteiger partial charge >= 0.3 is 0 Å². The highest BCUT2D eigenvalue weighted by Crippen LogP contribution is 2.25. The maximum atomic E-state index is 10.8. The van der Waals surface area contributed by atoms with Crippen LogP contribution in [0.3, 0.4) is 0 Å². The molecule has 6 nitrogen and oxygen atoms in total. The highest BCUT2D eigenvalue weighted by Gasteiger charge is 2.15. The molecule has 1 heterocycles. The third-order valence-electron chi connectivity index (χ3n) is 3.53. The Labute approximate surface area is 127 Å². The van der Waals surface area contributed by atoms with E-state index < -0.39 is 4.92 Å².